The third-order valence-corrected chi connectivity index (χ3v) is 6.38. The van der Waals surface area contributed by atoms with Crippen molar-refractivity contribution in [3.05, 3.63) is 65.7 Å². The van der Waals surface area contributed by atoms with E-state index in [-0.39, 0.29) is 10.7 Å². The zero-order valence-electron chi connectivity index (χ0n) is 13.2. The van der Waals surface area contributed by atoms with Gasteiger partial charge in [0.2, 0.25) is 10.0 Å². The summed E-state index contributed by atoms with van der Waals surface area (Å²) in [5, 5.41) is 0. The molecule has 0 amide bonds. The van der Waals surface area contributed by atoms with E-state index in [1.165, 1.54) is 28.6 Å². The van der Waals surface area contributed by atoms with Crippen LogP contribution in [-0.4, -0.2) is 25.8 Å². The first-order valence-corrected chi connectivity index (χ1v) is 9.39. The van der Waals surface area contributed by atoms with Gasteiger partial charge in [0.1, 0.15) is 11.6 Å². The molecule has 128 valence electrons. The Morgan fingerprint density at radius 1 is 0.875 bits per heavy atom. The van der Waals surface area contributed by atoms with Gasteiger partial charge in [0, 0.05) is 13.1 Å². The number of halogens is 2. The second-order valence-corrected chi connectivity index (χ2v) is 8.07. The summed E-state index contributed by atoms with van der Waals surface area (Å²) in [6, 6.07) is 11.4. The maximum absolute atomic E-state index is 13.0. The topological polar surface area (TPSA) is 37.4 Å². The molecule has 0 radical (unpaired) electrons. The van der Waals surface area contributed by atoms with Gasteiger partial charge in [0.15, 0.2) is 0 Å². The highest BCUT2D eigenvalue weighted by atomic mass is 32.2. The smallest absolute Gasteiger partial charge is 0.207 e. The van der Waals surface area contributed by atoms with Gasteiger partial charge < -0.3 is 0 Å². The summed E-state index contributed by atoms with van der Waals surface area (Å²) in [6.07, 6.45) is 2.35. The van der Waals surface area contributed by atoms with Crippen molar-refractivity contribution in [1.29, 1.82) is 0 Å². The van der Waals surface area contributed by atoms with E-state index in [0.29, 0.717) is 19.0 Å². The molecule has 3 rings (SSSR count). The summed E-state index contributed by atoms with van der Waals surface area (Å²) >= 11 is 0. The number of hydrogen-bond donors (Lipinski definition) is 0. The van der Waals surface area contributed by atoms with Crippen molar-refractivity contribution in [2.24, 2.45) is 5.92 Å². The Hall–Kier alpha value is -1.79. The van der Waals surface area contributed by atoms with Gasteiger partial charge in [0.05, 0.1) is 4.90 Å². The first-order chi connectivity index (χ1) is 11.4. The summed E-state index contributed by atoms with van der Waals surface area (Å²) in [7, 11) is -3.56. The van der Waals surface area contributed by atoms with Crippen LogP contribution in [0.5, 0.6) is 0 Å². The normalized spacial score (nSPS) is 17.1. The van der Waals surface area contributed by atoms with Gasteiger partial charge >= 0.3 is 0 Å². The Bertz CT molecular complexity index is 781. The molecule has 1 saturated heterocycles. The SMILES string of the molecule is O=S(=O)(c1ccc(F)cc1)N1CCC(Cc2ccc(F)cc2)CC1. The minimum Gasteiger partial charge on any atom is -0.207 e. The molecule has 1 aliphatic rings. The monoisotopic (exact) mass is 351 g/mol. The number of rotatable bonds is 4. The van der Waals surface area contributed by atoms with E-state index in [2.05, 4.69) is 0 Å². The van der Waals surface area contributed by atoms with Gasteiger partial charge in [-0.2, -0.15) is 4.31 Å². The van der Waals surface area contributed by atoms with Crippen LogP contribution in [0.25, 0.3) is 0 Å². The third-order valence-electron chi connectivity index (χ3n) is 4.46. The molecule has 0 bridgehead atoms. The molecule has 24 heavy (non-hydrogen) atoms. The molecule has 0 aromatic heterocycles. The van der Waals surface area contributed by atoms with Gasteiger partial charge in [-0.15, -0.1) is 0 Å². The van der Waals surface area contributed by atoms with Crippen LogP contribution in [0.3, 0.4) is 0 Å². The van der Waals surface area contributed by atoms with Crippen molar-refractivity contribution in [2.45, 2.75) is 24.2 Å². The number of sulfonamides is 1. The number of hydrogen-bond acceptors (Lipinski definition) is 2. The summed E-state index contributed by atoms with van der Waals surface area (Å²) in [5.74, 6) is -0.318. The molecule has 0 N–H and O–H groups in total. The fourth-order valence-corrected chi connectivity index (χ4v) is 4.53. The fraction of sp³-hybridized carbons (Fsp3) is 0.333. The average Bonchev–Trinajstić information content (AvgIpc) is 2.58. The Kier molecular flexibility index (Phi) is 4.96. The number of nitrogens with zero attached hydrogens (tertiary/aromatic N) is 1. The van der Waals surface area contributed by atoms with Gasteiger partial charge in [-0.25, -0.2) is 17.2 Å². The second-order valence-electron chi connectivity index (χ2n) is 6.13. The lowest BCUT2D eigenvalue weighted by atomic mass is 9.91. The molecule has 1 fully saturated rings. The van der Waals surface area contributed by atoms with Crippen LogP contribution in [0.4, 0.5) is 8.78 Å². The van der Waals surface area contributed by atoms with Gasteiger partial charge in [-0.3, -0.25) is 0 Å². The van der Waals surface area contributed by atoms with E-state index in [1.807, 2.05) is 0 Å². The predicted octanol–water partition coefficient (Wildman–Crippen LogP) is 3.61. The van der Waals surface area contributed by atoms with E-state index in [0.717, 1.165) is 37.0 Å². The first kappa shape index (κ1) is 17.0. The number of benzene rings is 2. The van der Waals surface area contributed by atoms with Crippen LogP contribution < -0.4 is 0 Å². The fourth-order valence-electron chi connectivity index (χ4n) is 3.06. The lowest BCUT2D eigenvalue weighted by Crippen LogP contribution is -2.38. The van der Waals surface area contributed by atoms with E-state index < -0.39 is 15.8 Å². The second kappa shape index (κ2) is 6.99. The Morgan fingerprint density at radius 3 is 1.92 bits per heavy atom. The summed E-state index contributed by atoms with van der Waals surface area (Å²) in [6.45, 7) is 0.900. The molecule has 1 aliphatic heterocycles. The minimum absolute atomic E-state index is 0.126. The molecule has 2 aromatic rings. The molecule has 0 spiro atoms. The van der Waals surface area contributed by atoms with E-state index in [4.69, 9.17) is 0 Å². The van der Waals surface area contributed by atoms with Crippen molar-refractivity contribution in [3.8, 4) is 0 Å². The quantitative estimate of drug-likeness (QED) is 0.844. The molecule has 3 nitrogen and oxygen atoms in total. The largest absolute Gasteiger partial charge is 0.243 e. The van der Waals surface area contributed by atoms with Crippen LogP contribution in [0.1, 0.15) is 18.4 Å². The summed E-state index contributed by atoms with van der Waals surface area (Å²) in [5.41, 5.74) is 1.07. The lowest BCUT2D eigenvalue weighted by Gasteiger charge is -2.31. The van der Waals surface area contributed by atoms with E-state index in [1.54, 1.807) is 12.1 Å². The Balaban J connectivity index is 1.62. The highest BCUT2D eigenvalue weighted by Crippen LogP contribution is 2.26. The summed E-state index contributed by atoms with van der Waals surface area (Å²) in [4.78, 5) is 0.126. The van der Waals surface area contributed by atoms with Crippen molar-refractivity contribution in [1.82, 2.24) is 4.31 Å². The predicted molar refractivity (Wildman–Crippen MR) is 88.0 cm³/mol. The molecule has 0 atom stereocenters. The Labute approximate surface area is 141 Å². The standard InChI is InChI=1S/C18H19F2NO2S/c19-16-3-1-14(2-4-16)13-15-9-11-21(12-10-15)24(22,23)18-7-5-17(20)6-8-18/h1-8,15H,9-13H2. The van der Waals surface area contributed by atoms with Gasteiger partial charge in [-0.05, 0) is 67.1 Å². The van der Waals surface area contributed by atoms with E-state index >= 15 is 0 Å². The highest BCUT2D eigenvalue weighted by molar-refractivity contribution is 7.89. The van der Waals surface area contributed by atoms with Crippen molar-refractivity contribution >= 4 is 10.0 Å². The molecule has 0 saturated carbocycles. The van der Waals surface area contributed by atoms with Crippen LogP contribution in [0.15, 0.2) is 53.4 Å². The Morgan fingerprint density at radius 2 is 1.38 bits per heavy atom. The third kappa shape index (κ3) is 3.82. The van der Waals surface area contributed by atoms with Crippen LogP contribution in [0, 0.1) is 17.6 Å². The van der Waals surface area contributed by atoms with Crippen molar-refractivity contribution in [3.63, 3.8) is 0 Å². The van der Waals surface area contributed by atoms with Crippen LogP contribution in [-0.2, 0) is 16.4 Å². The maximum Gasteiger partial charge on any atom is 0.243 e. The summed E-state index contributed by atoms with van der Waals surface area (Å²) < 4.78 is 52.5. The molecule has 1 heterocycles. The minimum atomic E-state index is -3.56. The highest BCUT2D eigenvalue weighted by Gasteiger charge is 2.29. The zero-order chi connectivity index (χ0) is 17.2. The average molecular weight is 351 g/mol. The van der Waals surface area contributed by atoms with Crippen LogP contribution >= 0.6 is 0 Å². The van der Waals surface area contributed by atoms with Crippen LogP contribution in [0.2, 0.25) is 0 Å². The molecule has 6 heteroatoms. The van der Waals surface area contributed by atoms with Gasteiger partial charge in [0.25, 0.3) is 0 Å². The molecule has 2 aromatic carbocycles. The molecule has 0 unspecified atom stereocenters. The molecular weight excluding hydrogens is 332 g/mol. The molecule has 0 aliphatic carbocycles. The van der Waals surface area contributed by atoms with Crippen molar-refractivity contribution in [2.75, 3.05) is 13.1 Å². The zero-order valence-corrected chi connectivity index (χ0v) is 14.0. The van der Waals surface area contributed by atoms with Gasteiger partial charge in [-0.1, -0.05) is 12.1 Å². The maximum atomic E-state index is 13.0. The first-order valence-electron chi connectivity index (χ1n) is 7.95. The van der Waals surface area contributed by atoms with Crippen molar-refractivity contribution < 1.29 is 17.2 Å². The van der Waals surface area contributed by atoms with E-state index in [9.17, 15) is 17.2 Å². The number of piperidine rings is 1. The molecular formula is C18H19F2NO2S. The lowest BCUT2D eigenvalue weighted by molar-refractivity contribution is 0.273.